The lowest BCUT2D eigenvalue weighted by molar-refractivity contribution is 0.452. The number of phenolic OH excluding ortho intramolecular Hbond substituents is 3. The van der Waals surface area contributed by atoms with Crippen molar-refractivity contribution in [3.63, 3.8) is 0 Å². The summed E-state index contributed by atoms with van der Waals surface area (Å²) in [5.41, 5.74) is 7.70. The van der Waals surface area contributed by atoms with Gasteiger partial charge >= 0.3 is 0 Å². The van der Waals surface area contributed by atoms with Gasteiger partial charge in [0.2, 0.25) is 0 Å². The quantitative estimate of drug-likeness (QED) is 0.277. The van der Waals surface area contributed by atoms with E-state index in [0.29, 0.717) is 11.5 Å². The first kappa shape index (κ1) is 24.0. The molecule has 0 amide bonds. The Labute approximate surface area is 206 Å². The van der Waals surface area contributed by atoms with Crippen molar-refractivity contribution in [3.05, 3.63) is 94.0 Å². The number of para-hydroxylation sites is 2. The Morgan fingerprint density at radius 2 is 1.09 bits per heavy atom. The molecular weight excluding hydrogens is 438 g/mol. The highest BCUT2D eigenvalue weighted by Crippen LogP contribution is 2.46. The third kappa shape index (κ3) is 4.62. The third-order valence-corrected chi connectivity index (χ3v) is 6.44. The Bertz CT molecular complexity index is 1370. The van der Waals surface area contributed by atoms with E-state index in [0.717, 1.165) is 50.4 Å². The van der Waals surface area contributed by atoms with Crippen LogP contribution in [0.15, 0.2) is 60.7 Å². The largest absolute Gasteiger partial charge is 0.508 e. The van der Waals surface area contributed by atoms with E-state index in [9.17, 15) is 15.3 Å². The molecule has 0 aliphatic heterocycles. The number of hydrogen-bond acceptors (Lipinski definition) is 5. The maximum absolute atomic E-state index is 10.3. The standard InChI is InChI=1S/C30H31NO4/c1-17-11-23(32)16-30(22(17)6)35-29-10-8-7-9-24(29)31(25-12-20(4)27(33)14-18(25)2)26-13-21(5)28(34)15-19(26)3/h7-16,32-34H,1-6H3. The lowest BCUT2D eigenvalue weighted by Gasteiger charge is -2.31. The van der Waals surface area contributed by atoms with Gasteiger partial charge in [0, 0.05) is 17.4 Å². The number of aryl methyl sites for hydroxylation is 5. The number of ether oxygens (including phenoxy) is 1. The average Bonchev–Trinajstić information content (AvgIpc) is 2.79. The van der Waals surface area contributed by atoms with E-state index >= 15 is 0 Å². The van der Waals surface area contributed by atoms with E-state index < -0.39 is 0 Å². The molecule has 5 nitrogen and oxygen atoms in total. The lowest BCUT2D eigenvalue weighted by Crippen LogP contribution is -2.14. The van der Waals surface area contributed by atoms with Crippen molar-refractivity contribution in [2.24, 2.45) is 0 Å². The van der Waals surface area contributed by atoms with Crippen LogP contribution in [0.3, 0.4) is 0 Å². The first-order valence-corrected chi connectivity index (χ1v) is 11.5. The van der Waals surface area contributed by atoms with Gasteiger partial charge in [-0.25, -0.2) is 0 Å². The molecule has 0 saturated heterocycles. The fourth-order valence-electron chi connectivity index (χ4n) is 4.20. The summed E-state index contributed by atoms with van der Waals surface area (Å²) in [5.74, 6) is 1.80. The average molecular weight is 470 g/mol. The summed E-state index contributed by atoms with van der Waals surface area (Å²) in [7, 11) is 0. The zero-order valence-electron chi connectivity index (χ0n) is 21.0. The van der Waals surface area contributed by atoms with Crippen LogP contribution in [0.4, 0.5) is 17.1 Å². The number of rotatable bonds is 5. The molecule has 4 aromatic carbocycles. The zero-order chi connectivity index (χ0) is 25.4. The van der Waals surface area contributed by atoms with Crippen LogP contribution in [0.1, 0.15) is 33.4 Å². The van der Waals surface area contributed by atoms with E-state index in [1.165, 1.54) is 0 Å². The minimum Gasteiger partial charge on any atom is -0.508 e. The third-order valence-electron chi connectivity index (χ3n) is 6.44. The molecule has 0 fully saturated rings. The Hall–Kier alpha value is -4.12. The van der Waals surface area contributed by atoms with E-state index in [2.05, 4.69) is 4.90 Å². The van der Waals surface area contributed by atoms with Crippen molar-refractivity contribution in [1.82, 2.24) is 0 Å². The van der Waals surface area contributed by atoms with Gasteiger partial charge in [-0.2, -0.15) is 0 Å². The number of anilines is 3. The highest BCUT2D eigenvalue weighted by Gasteiger charge is 2.23. The molecule has 35 heavy (non-hydrogen) atoms. The van der Waals surface area contributed by atoms with Gasteiger partial charge in [0.05, 0.1) is 5.69 Å². The van der Waals surface area contributed by atoms with Crippen LogP contribution in [0.2, 0.25) is 0 Å². The van der Waals surface area contributed by atoms with Crippen molar-refractivity contribution in [3.8, 4) is 28.7 Å². The van der Waals surface area contributed by atoms with Crippen LogP contribution < -0.4 is 9.64 Å². The molecule has 5 heteroatoms. The van der Waals surface area contributed by atoms with Crippen LogP contribution in [-0.4, -0.2) is 15.3 Å². The summed E-state index contributed by atoms with van der Waals surface area (Å²) in [4.78, 5) is 2.09. The molecule has 0 atom stereocenters. The molecule has 0 unspecified atom stereocenters. The number of aromatic hydroxyl groups is 3. The van der Waals surface area contributed by atoms with Gasteiger partial charge < -0.3 is 25.0 Å². The first-order chi connectivity index (χ1) is 16.6. The molecule has 4 aromatic rings. The SMILES string of the molecule is Cc1cc(N(c2cc(C)c(O)cc2C)c2ccccc2Oc2cc(O)cc(C)c2C)c(C)cc1O. The summed E-state index contributed by atoms with van der Waals surface area (Å²) >= 11 is 0. The van der Waals surface area contributed by atoms with Crippen LogP contribution in [-0.2, 0) is 0 Å². The highest BCUT2D eigenvalue weighted by molar-refractivity contribution is 5.84. The molecular formula is C30H31NO4. The van der Waals surface area contributed by atoms with Gasteiger partial charge in [-0.05, 0) is 117 Å². The highest BCUT2D eigenvalue weighted by atomic mass is 16.5. The van der Waals surface area contributed by atoms with Crippen LogP contribution in [0.25, 0.3) is 0 Å². The van der Waals surface area contributed by atoms with E-state index in [4.69, 9.17) is 4.74 Å². The van der Waals surface area contributed by atoms with Crippen molar-refractivity contribution in [2.45, 2.75) is 41.5 Å². The van der Waals surface area contributed by atoms with E-state index in [-0.39, 0.29) is 17.2 Å². The number of phenols is 3. The predicted octanol–water partition coefficient (Wildman–Crippen LogP) is 7.92. The second-order valence-electron chi connectivity index (χ2n) is 9.14. The van der Waals surface area contributed by atoms with Crippen molar-refractivity contribution >= 4 is 17.1 Å². The van der Waals surface area contributed by atoms with Gasteiger partial charge in [0.1, 0.15) is 23.0 Å². The van der Waals surface area contributed by atoms with E-state index in [1.807, 2.05) is 77.9 Å². The Morgan fingerprint density at radius 1 is 0.543 bits per heavy atom. The molecule has 0 aliphatic rings. The summed E-state index contributed by atoms with van der Waals surface area (Å²) in [5, 5.41) is 30.8. The fourth-order valence-corrected chi connectivity index (χ4v) is 4.20. The second kappa shape index (κ2) is 9.26. The van der Waals surface area contributed by atoms with Crippen LogP contribution in [0.5, 0.6) is 28.7 Å². The normalized spacial score (nSPS) is 10.9. The molecule has 4 rings (SSSR count). The van der Waals surface area contributed by atoms with Crippen molar-refractivity contribution in [2.75, 3.05) is 4.90 Å². The molecule has 0 aromatic heterocycles. The molecule has 0 heterocycles. The van der Waals surface area contributed by atoms with E-state index in [1.54, 1.807) is 24.3 Å². The Morgan fingerprint density at radius 3 is 1.66 bits per heavy atom. The molecule has 0 bridgehead atoms. The van der Waals surface area contributed by atoms with Crippen molar-refractivity contribution in [1.29, 1.82) is 0 Å². The molecule has 0 radical (unpaired) electrons. The fraction of sp³-hybridized carbons (Fsp3) is 0.200. The van der Waals surface area contributed by atoms with Gasteiger partial charge in [-0.1, -0.05) is 12.1 Å². The number of nitrogens with zero attached hydrogens (tertiary/aromatic N) is 1. The minimum atomic E-state index is 0.146. The number of hydrogen-bond donors (Lipinski definition) is 3. The van der Waals surface area contributed by atoms with Crippen LogP contribution >= 0.6 is 0 Å². The minimum absolute atomic E-state index is 0.146. The maximum atomic E-state index is 10.3. The second-order valence-corrected chi connectivity index (χ2v) is 9.14. The summed E-state index contributed by atoms with van der Waals surface area (Å²) in [6.07, 6.45) is 0. The van der Waals surface area contributed by atoms with Crippen molar-refractivity contribution < 1.29 is 20.1 Å². The number of benzene rings is 4. The summed E-state index contributed by atoms with van der Waals surface area (Å²) in [6.45, 7) is 11.5. The lowest BCUT2D eigenvalue weighted by atomic mass is 10.0. The Balaban J connectivity index is 1.98. The van der Waals surface area contributed by atoms with Gasteiger partial charge in [-0.3, -0.25) is 0 Å². The summed E-state index contributed by atoms with van der Waals surface area (Å²) < 4.78 is 6.41. The van der Waals surface area contributed by atoms with Gasteiger partial charge in [0.25, 0.3) is 0 Å². The van der Waals surface area contributed by atoms with Crippen LogP contribution in [0, 0.1) is 41.5 Å². The smallest absolute Gasteiger partial charge is 0.151 e. The zero-order valence-corrected chi connectivity index (χ0v) is 21.0. The monoisotopic (exact) mass is 469 g/mol. The molecule has 0 aliphatic carbocycles. The first-order valence-electron chi connectivity index (χ1n) is 11.5. The summed E-state index contributed by atoms with van der Waals surface area (Å²) in [6, 6.07) is 18.5. The Kier molecular flexibility index (Phi) is 6.35. The molecule has 0 spiro atoms. The van der Waals surface area contributed by atoms with Gasteiger partial charge in [-0.15, -0.1) is 0 Å². The topological polar surface area (TPSA) is 73.2 Å². The predicted molar refractivity (Wildman–Crippen MR) is 141 cm³/mol. The molecule has 180 valence electrons. The molecule has 0 saturated carbocycles. The van der Waals surface area contributed by atoms with Gasteiger partial charge in [0.15, 0.2) is 5.75 Å². The maximum Gasteiger partial charge on any atom is 0.151 e. The molecule has 3 N–H and O–H groups in total.